The molecule has 0 radical (unpaired) electrons. The Kier molecular flexibility index (Phi) is 7.36. The highest BCUT2D eigenvalue weighted by molar-refractivity contribution is 7.89. The lowest BCUT2D eigenvalue weighted by molar-refractivity contribution is 0.0493. The molecule has 1 aliphatic rings. The number of morpholine rings is 1. The molecule has 0 unspecified atom stereocenters. The van der Waals surface area contributed by atoms with Crippen LogP contribution in [0.5, 0.6) is 0 Å². The van der Waals surface area contributed by atoms with Gasteiger partial charge in [-0.1, -0.05) is 36.4 Å². The molecule has 2 aromatic rings. The summed E-state index contributed by atoms with van der Waals surface area (Å²) in [7, 11) is -3.71. The molecule has 0 amide bonds. The highest BCUT2D eigenvalue weighted by atomic mass is 32.2. The zero-order valence-corrected chi connectivity index (χ0v) is 17.7. The third-order valence-corrected chi connectivity index (χ3v) is 6.93. The van der Waals surface area contributed by atoms with Crippen molar-refractivity contribution >= 4 is 21.8 Å². The molecule has 0 aliphatic carbocycles. The highest BCUT2D eigenvalue weighted by Gasteiger charge is 2.28. The van der Waals surface area contributed by atoms with Crippen LogP contribution in [-0.4, -0.2) is 57.4 Å². The van der Waals surface area contributed by atoms with Crippen molar-refractivity contribution in [2.24, 2.45) is 0 Å². The first-order valence-electron chi connectivity index (χ1n) is 9.83. The number of carbonyl (C=O) groups is 2. The molecule has 0 saturated carbocycles. The van der Waals surface area contributed by atoms with Crippen molar-refractivity contribution < 1.29 is 27.5 Å². The molecule has 8 heteroatoms. The van der Waals surface area contributed by atoms with E-state index in [-0.39, 0.29) is 42.4 Å². The van der Waals surface area contributed by atoms with Crippen molar-refractivity contribution in [3.63, 3.8) is 0 Å². The largest absolute Gasteiger partial charge is 0.462 e. The van der Waals surface area contributed by atoms with Gasteiger partial charge in [0.1, 0.15) is 0 Å². The van der Waals surface area contributed by atoms with Gasteiger partial charge < -0.3 is 9.47 Å². The molecule has 160 valence electrons. The van der Waals surface area contributed by atoms with Gasteiger partial charge in [-0.15, -0.1) is 0 Å². The lowest BCUT2D eigenvalue weighted by Gasteiger charge is -2.26. The molecule has 1 heterocycles. The Bertz CT molecular complexity index is 998. The summed E-state index contributed by atoms with van der Waals surface area (Å²) in [6, 6.07) is 13.4. The smallest absolute Gasteiger partial charge is 0.338 e. The molecule has 0 atom stereocenters. The minimum atomic E-state index is -3.71. The number of hydrogen-bond donors (Lipinski definition) is 0. The fourth-order valence-corrected chi connectivity index (χ4v) is 4.84. The summed E-state index contributed by atoms with van der Waals surface area (Å²) < 4.78 is 37.7. The standard InChI is InChI=1S/C22H25NO6S/c1-17-9-10-19(16-21(17)30(26,27)23-11-14-28-15-12-23)22(25)29-13-5-8-20(24)18-6-3-2-4-7-18/h2-4,6-7,9-10,16H,5,8,11-15H2,1H3. The van der Waals surface area contributed by atoms with E-state index in [0.717, 1.165) is 0 Å². The quantitative estimate of drug-likeness (QED) is 0.363. The summed E-state index contributed by atoms with van der Waals surface area (Å²) in [6.07, 6.45) is 0.659. The first-order chi connectivity index (χ1) is 14.4. The van der Waals surface area contributed by atoms with Gasteiger partial charge in [-0.2, -0.15) is 4.31 Å². The number of Topliss-reactive ketones (excluding diaryl/α,β-unsaturated/α-hetero) is 1. The molecule has 0 bridgehead atoms. The molecular weight excluding hydrogens is 406 g/mol. The summed E-state index contributed by atoms with van der Waals surface area (Å²) >= 11 is 0. The first kappa shape index (κ1) is 22.1. The van der Waals surface area contributed by atoms with Crippen molar-refractivity contribution in [2.45, 2.75) is 24.7 Å². The maximum atomic E-state index is 12.9. The zero-order chi connectivity index (χ0) is 21.6. The van der Waals surface area contributed by atoms with Crippen LogP contribution in [0.2, 0.25) is 0 Å². The monoisotopic (exact) mass is 431 g/mol. The SMILES string of the molecule is Cc1ccc(C(=O)OCCCC(=O)c2ccccc2)cc1S(=O)(=O)N1CCOCC1. The number of carbonyl (C=O) groups excluding carboxylic acids is 2. The Labute approximate surface area is 176 Å². The van der Waals surface area contributed by atoms with Gasteiger partial charge in [0.25, 0.3) is 0 Å². The average molecular weight is 432 g/mol. The van der Waals surface area contributed by atoms with Crippen LogP contribution >= 0.6 is 0 Å². The summed E-state index contributed by atoms with van der Waals surface area (Å²) in [5.74, 6) is -0.624. The van der Waals surface area contributed by atoms with E-state index in [1.54, 1.807) is 43.3 Å². The Morgan fingerprint density at radius 1 is 1.03 bits per heavy atom. The number of ketones is 1. The van der Waals surface area contributed by atoms with Crippen molar-refractivity contribution in [3.8, 4) is 0 Å². The van der Waals surface area contributed by atoms with Crippen molar-refractivity contribution in [1.82, 2.24) is 4.31 Å². The summed E-state index contributed by atoms with van der Waals surface area (Å²) in [4.78, 5) is 24.6. The van der Waals surface area contributed by atoms with Crippen LogP contribution in [0.3, 0.4) is 0 Å². The number of benzene rings is 2. The molecule has 1 aliphatic heterocycles. The second-order valence-electron chi connectivity index (χ2n) is 7.03. The number of aryl methyl sites for hydroxylation is 1. The van der Waals surface area contributed by atoms with Crippen LogP contribution in [0.1, 0.15) is 39.1 Å². The van der Waals surface area contributed by atoms with Gasteiger partial charge in [0.05, 0.1) is 30.3 Å². The fraction of sp³-hybridized carbons (Fsp3) is 0.364. The first-order valence-corrected chi connectivity index (χ1v) is 11.3. The van der Waals surface area contributed by atoms with Gasteiger partial charge in [0, 0.05) is 25.1 Å². The van der Waals surface area contributed by atoms with E-state index >= 15 is 0 Å². The van der Waals surface area contributed by atoms with E-state index < -0.39 is 16.0 Å². The van der Waals surface area contributed by atoms with Gasteiger partial charge in [-0.3, -0.25) is 4.79 Å². The van der Waals surface area contributed by atoms with Crippen LogP contribution in [-0.2, 0) is 19.5 Å². The maximum Gasteiger partial charge on any atom is 0.338 e. The number of hydrogen-bond acceptors (Lipinski definition) is 6. The summed E-state index contributed by atoms with van der Waals surface area (Å²) in [5.41, 5.74) is 1.36. The molecule has 1 fully saturated rings. The number of esters is 1. The van der Waals surface area contributed by atoms with Crippen LogP contribution in [0.15, 0.2) is 53.4 Å². The third-order valence-electron chi connectivity index (χ3n) is 4.89. The van der Waals surface area contributed by atoms with E-state index in [0.29, 0.717) is 30.8 Å². The lowest BCUT2D eigenvalue weighted by atomic mass is 10.1. The predicted molar refractivity (Wildman–Crippen MR) is 111 cm³/mol. The topological polar surface area (TPSA) is 90.0 Å². The minimum absolute atomic E-state index is 0.0131. The van der Waals surface area contributed by atoms with E-state index in [2.05, 4.69) is 0 Å². The molecular formula is C22H25NO6S. The second-order valence-corrected chi connectivity index (χ2v) is 8.93. The molecule has 0 N–H and O–H groups in total. The normalized spacial score (nSPS) is 15.0. The maximum absolute atomic E-state index is 12.9. The zero-order valence-electron chi connectivity index (χ0n) is 16.9. The molecule has 3 rings (SSSR count). The minimum Gasteiger partial charge on any atom is -0.462 e. The Morgan fingerprint density at radius 3 is 2.43 bits per heavy atom. The summed E-state index contributed by atoms with van der Waals surface area (Å²) in [5, 5.41) is 0. The average Bonchev–Trinajstić information content (AvgIpc) is 2.77. The van der Waals surface area contributed by atoms with E-state index in [1.165, 1.54) is 10.4 Å². The summed E-state index contributed by atoms with van der Waals surface area (Å²) in [6.45, 7) is 3.04. The predicted octanol–water partition coefficient (Wildman–Crippen LogP) is 2.84. The van der Waals surface area contributed by atoms with E-state index in [1.807, 2.05) is 6.07 Å². The van der Waals surface area contributed by atoms with Crippen LogP contribution in [0.25, 0.3) is 0 Å². The number of sulfonamides is 1. The third kappa shape index (κ3) is 5.33. The van der Waals surface area contributed by atoms with Crippen LogP contribution in [0.4, 0.5) is 0 Å². The van der Waals surface area contributed by atoms with Gasteiger partial charge in [-0.25, -0.2) is 13.2 Å². The van der Waals surface area contributed by atoms with Gasteiger partial charge in [0.15, 0.2) is 5.78 Å². The highest BCUT2D eigenvalue weighted by Crippen LogP contribution is 2.23. The van der Waals surface area contributed by atoms with Gasteiger partial charge >= 0.3 is 5.97 Å². The molecule has 2 aromatic carbocycles. The van der Waals surface area contributed by atoms with Gasteiger partial charge in [0.2, 0.25) is 10.0 Å². The van der Waals surface area contributed by atoms with Crippen LogP contribution in [0, 0.1) is 6.92 Å². The van der Waals surface area contributed by atoms with Gasteiger partial charge in [-0.05, 0) is 31.0 Å². The fourth-order valence-electron chi connectivity index (χ4n) is 3.18. The Balaban J connectivity index is 1.60. The van der Waals surface area contributed by atoms with E-state index in [9.17, 15) is 18.0 Å². The molecule has 7 nitrogen and oxygen atoms in total. The molecule has 0 aromatic heterocycles. The van der Waals surface area contributed by atoms with Crippen molar-refractivity contribution in [3.05, 3.63) is 65.2 Å². The number of nitrogens with zero attached hydrogens (tertiary/aromatic N) is 1. The Morgan fingerprint density at radius 2 is 1.73 bits per heavy atom. The van der Waals surface area contributed by atoms with E-state index in [4.69, 9.17) is 9.47 Å². The van der Waals surface area contributed by atoms with Crippen LogP contribution < -0.4 is 0 Å². The molecule has 1 saturated heterocycles. The number of rotatable bonds is 8. The Hall–Kier alpha value is -2.55. The molecule has 30 heavy (non-hydrogen) atoms. The van der Waals surface area contributed by atoms with Crippen molar-refractivity contribution in [2.75, 3.05) is 32.9 Å². The van der Waals surface area contributed by atoms with Crippen molar-refractivity contribution in [1.29, 1.82) is 0 Å². The number of ether oxygens (including phenoxy) is 2. The second kappa shape index (κ2) is 9.97. The lowest BCUT2D eigenvalue weighted by Crippen LogP contribution is -2.40. The molecule has 0 spiro atoms.